The molecule has 2 heterocycles. The van der Waals surface area contributed by atoms with Gasteiger partial charge in [-0.25, -0.2) is 5.43 Å². The Kier molecular flexibility index (Phi) is 3.76. The number of pyridine rings is 2. The Bertz CT molecular complexity index is 549. The van der Waals surface area contributed by atoms with E-state index in [1.807, 2.05) is 6.92 Å². The van der Waals surface area contributed by atoms with Crippen LogP contribution in [0.4, 0.5) is 0 Å². The highest BCUT2D eigenvalue weighted by atomic mass is 16.2. The molecule has 0 aliphatic heterocycles. The molecule has 5 nitrogen and oxygen atoms in total. The maximum atomic E-state index is 11.7. The lowest BCUT2D eigenvalue weighted by molar-refractivity contribution is 0.0955. The van der Waals surface area contributed by atoms with Crippen LogP contribution in [0.1, 0.15) is 21.6 Å². The topological polar surface area (TPSA) is 67.2 Å². The zero-order chi connectivity index (χ0) is 12.8. The van der Waals surface area contributed by atoms with Crippen molar-refractivity contribution in [1.82, 2.24) is 15.4 Å². The molecular weight excluding hydrogens is 228 g/mol. The van der Waals surface area contributed by atoms with Crippen molar-refractivity contribution in [2.24, 2.45) is 5.10 Å². The van der Waals surface area contributed by atoms with Crippen LogP contribution in [0.15, 0.2) is 48.0 Å². The van der Waals surface area contributed by atoms with Crippen molar-refractivity contribution in [3.63, 3.8) is 0 Å². The SMILES string of the molecule is Cc1ccc(C(=O)N/N=C\c2ccncc2)cn1. The standard InChI is InChI=1S/C13H12N4O/c1-10-2-3-12(9-15-10)13(18)17-16-8-11-4-6-14-7-5-11/h2-9H,1H3,(H,17,18)/b16-8-. The fourth-order valence-corrected chi connectivity index (χ4v) is 1.28. The first-order valence-corrected chi connectivity index (χ1v) is 5.42. The van der Waals surface area contributed by atoms with Crippen LogP contribution in [-0.4, -0.2) is 22.1 Å². The van der Waals surface area contributed by atoms with E-state index >= 15 is 0 Å². The van der Waals surface area contributed by atoms with Crippen molar-refractivity contribution in [2.45, 2.75) is 6.92 Å². The normalized spacial score (nSPS) is 10.5. The van der Waals surface area contributed by atoms with Gasteiger partial charge in [-0.05, 0) is 36.8 Å². The van der Waals surface area contributed by atoms with Gasteiger partial charge >= 0.3 is 0 Å². The summed E-state index contributed by atoms with van der Waals surface area (Å²) >= 11 is 0. The molecule has 5 heteroatoms. The van der Waals surface area contributed by atoms with E-state index < -0.39 is 0 Å². The van der Waals surface area contributed by atoms with Crippen LogP contribution >= 0.6 is 0 Å². The molecule has 0 atom stereocenters. The molecule has 0 saturated heterocycles. The van der Waals surface area contributed by atoms with Gasteiger partial charge < -0.3 is 0 Å². The third-order valence-corrected chi connectivity index (χ3v) is 2.26. The van der Waals surface area contributed by atoms with Crippen LogP contribution in [0.2, 0.25) is 0 Å². The van der Waals surface area contributed by atoms with Crippen molar-refractivity contribution >= 4 is 12.1 Å². The molecule has 0 spiro atoms. The summed E-state index contributed by atoms with van der Waals surface area (Å²) < 4.78 is 0. The third-order valence-electron chi connectivity index (χ3n) is 2.26. The third kappa shape index (κ3) is 3.21. The summed E-state index contributed by atoms with van der Waals surface area (Å²) in [7, 11) is 0. The van der Waals surface area contributed by atoms with Crippen LogP contribution in [0.3, 0.4) is 0 Å². The Morgan fingerprint density at radius 3 is 2.72 bits per heavy atom. The van der Waals surface area contributed by atoms with Crippen molar-refractivity contribution in [3.05, 3.63) is 59.7 Å². The molecule has 0 saturated carbocycles. The Morgan fingerprint density at radius 1 is 1.28 bits per heavy atom. The molecule has 0 fully saturated rings. The average Bonchev–Trinajstić information content (AvgIpc) is 2.40. The number of amides is 1. The van der Waals surface area contributed by atoms with Gasteiger partial charge in [-0.3, -0.25) is 14.8 Å². The molecule has 0 aromatic carbocycles. The van der Waals surface area contributed by atoms with Gasteiger partial charge in [-0.15, -0.1) is 0 Å². The van der Waals surface area contributed by atoms with Crippen LogP contribution in [-0.2, 0) is 0 Å². The summed E-state index contributed by atoms with van der Waals surface area (Å²) in [6.07, 6.45) is 6.40. The zero-order valence-corrected chi connectivity index (χ0v) is 9.87. The number of hydrazone groups is 1. The number of nitrogens with zero attached hydrogens (tertiary/aromatic N) is 3. The van der Waals surface area contributed by atoms with Crippen LogP contribution in [0.25, 0.3) is 0 Å². The lowest BCUT2D eigenvalue weighted by Crippen LogP contribution is -2.17. The molecule has 2 aromatic heterocycles. The average molecular weight is 240 g/mol. The molecule has 0 aliphatic rings. The monoisotopic (exact) mass is 240 g/mol. The van der Waals surface area contributed by atoms with Gasteiger partial charge in [0, 0.05) is 24.3 Å². The first kappa shape index (κ1) is 11.9. The number of hydrogen-bond donors (Lipinski definition) is 1. The lowest BCUT2D eigenvalue weighted by Gasteiger charge is -1.99. The number of carbonyl (C=O) groups is 1. The zero-order valence-electron chi connectivity index (χ0n) is 9.87. The van der Waals surface area contributed by atoms with Crippen molar-refractivity contribution in [1.29, 1.82) is 0 Å². The lowest BCUT2D eigenvalue weighted by atomic mass is 10.2. The minimum absolute atomic E-state index is 0.284. The summed E-state index contributed by atoms with van der Waals surface area (Å²) in [4.78, 5) is 19.6. The molecule has 1 N–H and O–H groups in total. The van der Waals surface area contributed by atoms with E-state index in [1.54, 1.807) is 42.9 Å². The summed E-state index contributed by atoms with van der Waals surface area (Å²) in [6, 6.07) is 7.08. The summed E-state index contributed by atoms with van der Waals surface area (Å²) in [5, 5.41) is 3.86. The second kappa shape index (κ2) is 5.67. The van der Waals surface area contributed by atoms with E-state index in [0.717, 1.165) is 11.3 Å². The molecule has 2 aromatic rings. The number of aromatic nitrogens is 2. The summed E-state index contributed by atoms with van der Waals surface area (Å²) in [5.41, 5.74) is 4.65. The number of nitrogens with one attached hydrogen (secondary N) is 1. The Labute approximate surface area is 105 Å². The summed E-state index contributed by atoms with van der Waals surface area (Å²) in [6.45, 7) is 1.86. The highest BCUT2D eigenvalue weighted by Crippen LogP contribution is 1.98. The van der Waals surface area contributed by atoms with E-state index in [0.29, 0.717) is 5.56 Å². The molecule has 0 unspecified atom stereocenters. The number of aryl methyl sites for hydroxylation is 1. The van der Waals surface area contributed by atoms with Crippen molar-refractivity contribution in [3.8, 4) is 0 Å². The van der Waals surface area contributed by atoms with E-state index in [9.17, 15) is 4.79 Å². The minimum atomic E-state index is -0.284. The number of carbonyl (C=O) groups excluding carboxylic acids is 1. The Hall–Kier alpha value is -2.56. The number of rotatable bonds is 3. The van der Waals surface area contributed by atoms with Crippen LogP contribution in [0, 0.1) is 6.92 Å². The molecule has 90 valence electrons. The fourth-order valence-electron chi connectivity index (χ4n) is 1.28. The predicted molar refractivity (Wildman–Crippen MR) is 68.3 cm³/mol. The van der Waals surface area contributed by atoms with E-state index in [2.05, 4.69) is 20.5 Å². The predicted octanol–water partition coefficient (Wildman–Crippen LogP) is 1.55. The van der Waals surface area contributed by atoms with Gasteiger partial charge in [0.25, 0.3) is 5.91 Å². The second-order valence-corrected chi connectivity index (χ2v) is 3.67. The minimum Gasteiger partial charge on any atom is -0.267 e. The van der Waals surface area contributed by atoms with Crippen molar-refractivity contribution < 1.29 is 4.79 Å². The Balaban J connectivity index is 1.96. The van der Waals surface area contributed by atoms with Crippen LogP contribution < -0.4 is 5.43 Å². The molecule has 0 radical (unpaired) electrons. The fraction of sp³-hybridized carbons (Fsp3) is 0.0769. The molecule has 2 rings (SSSR count). The smallest absolute Gasteiger partial charge is 0.267 e. The highest BCUT2D eigenvalue weighted by molar-refractivity contribution is 5.94. The van der Waals surface area contributed by atoms with Gasteiger partial charge in [0.15, 0.2) is 0 Å². The molecule has 0 aliphatic carbocycles. The Morgan fingerprint density at radius 2 is 2.06 bits per heavy atom. The van der Waals surface area contributed by atoms with Gasteiger partial charge in [-0.1, -0.05) is 0 Å². The molecule has 1 amide bonds. The van der Waals surface area contributed by atoms with E-state index in [-0.39, 0.29) is 5.91 Å². The first-order chi connectivity index (χ1) is 8.75. The maximum absolute atomic E-state index is 11.7. The molecule has 0 bridgehead atoms. The quantitative estimate of drug-likeness (QED) is 0.653. The van der Waals surface area contributed by atoms with E-state index in [4.69, 9.17) is 0 Å². The highest BCUT2D eigenvalue weighted by Gasteiger charge is 2.03. The molecule has 18 heavy (non-hydrogen) atoms. The molecular formula is C13H12N4O. The van der Waals surface area contributed by atoms with Gasteiger partial charge in [0.1, 0.15) is 0 Å². The van der Waals surface area contributed by atoms with Crippen LogP contribution in [0.5, 0.6) is 0 Å². The number of hydrogen-bond acceptors (Lipinski definition) is 4. The van der Waals surface area contributed by atoms with E-state index in [1.165, 1.54) is 6.20 Å². The van der Waals surface area contributed by atoms with Gasteiger partial charge in [0.2, 0.25) is 0 Å². The maximum Gasteiger partial charge on any atom is 0.272 e. The summed E-state index contributed by atoms with van der Waals surface area (Å²) in [5.74, 6) is -0.284. The largest absolute Gasteiger partial charge is 0.272 e. The van der Waals surface area contributed by atoms with Crippen molar-refractivity contribution in [2.75, 3.05) is 0 Å². The first-order valence-electron chi connectivity index (χ1n) is 5.42. The van der Waals surface area contributed by atoms with Gasteiger partial charge in [0.05, 0.1) is 11.8 Å². The van der Waals surface area contributed by atoms with Gasteiger partial charge in [-0.2, -0.15) is 5.10 Å². The second-order valence-electron chi connectivity index (χ2n) is 3.67.